The lowest BCUT2D eigenvalue weighted by Crippen LogP contribution is -2.47. The third-order valence-electron chi connectivity index (χ3n) is 4.33. The highest BCUT2D eigenvalue weighted by atomic mass is 16.3. The van der Waals surface area contributed by atoms with E-state index in [1.165, 1.54) is 0 Å². The van der Waals surface area contributed by atoms with Crippen LogP contribution >= 0.6 is 0 Å². The van der Waals surface area contributed by atoms with E-state index in [2.05, 4.69) is 13.5 Å². The average Bonchev–Trinajstić information content (AvgIpc) is 2.47. The van der Waals surface area contributed by atoms with Gasteiger partial charge in [0.05, 0.1) is 11.5 Å². The van der Waals surface area contributed by atoms with Gasteiger partial charge in [0.1, 0.15) is 5.78 Å². The molecule has 2 aliphatic carbocycles. The summed E-state index contributed by atoms with van der Waals surface area (Å²) in [4.78, 5) is 12.2. The smallest absolute Gasteiger partial charge is 0.142 e. The molecule has 0 heterocycles. The zero-order chi connectivity index (χ0) is 11.1. The summed E-state index contributed by atoms with van der Waals surface area (Å²) in [5, 5.41) is 10.1. The molecule has 2 fully saturated rings. The first-order chi connectivity index (χ1) is 7.11. The van der Waals surface area contributed by atoms with Gasteiger partial charge in [-0.15, -0.1) is 6.58 Å². The van der Waals surface area contributed by atoms with Crippen molar-refractivity contribution in [1.29, 1.82) is 0 Å². The zero-order valence-corrected chi connectivity index (χ0v) is 9.41. The molecular weight excluding hydrogens is 188 g/mol. The standard InChI is InChI=1S/C13H20O2/c1-3-6-13-10(4-5-11(13)14)7-9(2)8-12(13)15/h3,9-11,14H,1,4-8H2,2H3/t9-,10-,11-,13+/m1/s1. The summed E-state index contributed by atoms with van der Waals surface area (Å²) in [6.45, 7) is 5.87. The molecule has 0 aromatic rings. The summed E-state index contributed by atoms with van der Waals surface area (Å²) in [5.41, 5.74) is -0.464. The fourth-order valence-electron chi connectivity index (χ4n) is 3.62. The molecule has 0 aromatic carbocycles. The predicted octanol–water partition coefficient (Wildman–Crippen LogP) is 2.32. The lowest BCUT2D eigenvalue weighted by molar-refractivity contribution is -0.142. The molecule has 0 unspecified atom stereocenters. The van der Waals surface area contributed by atoms with Gasteiger partial charge in [0, 0.05) is 6.42 Å². The van der Waals surface area contributed by atoms with Crippen LogP contribution in [0.25, 0.3) is 0 Å². The second-order valence-electron chi connectivity index (χ2n) is 5.29. The Labute approximate surface area is 91.4 Å². The van der Waals surface area contributed by atoms with Gasteiger partial charge in [0.15, 0.2) is 0 Å². The van der Waals surface area contributed by atoms with Crippen molar-refractivity contribution in [3.8, 4) is 0 Å². The first-order valence-corrected chi connectivity index (χ1v) is 5.93. The minimum absolute atomic E-state index is 0.274. The summed E-state index contributed by atoms with van der Waals surface area (Å²) >= 11 is 0. The van der Waals surface area contributed by atoms with Crippen LogP contribution in [-0.2, 0) is 4.79 Å². The molecule has 4 atom stereocenters. The summed E-state index contributed by atoms with van der Waals surface area (Å²) in [6.07, 6.45) is 5.56. The van der Waals surface area contributed by atoms with E-state index < -0.39 is 11.5 Å². The first-order valence-electron chi connectivity index (χ1n) is 5.93. The molecule has 0 amide bonds. The van der Waals surface area contributed by atoms with Gasteiger partial charge in [0.25, 0.3) is 0 Å². The number of carbonyl (C=O) groups is 1. The molecule has 0 spiro atoms. The maximum Gasteiger partial charge on any atom is 0.142 e. The van der Waals surface area contributed by atoms with Crippen molar-refractivity contribution in [2.45, 2.75) is 45.1 Å². The minimum Gasteiger partial charge on any atom is -0.392 e. The Kier molecular flexibility index (Phi) is 2.72. The van der Waals surface area contributed by atoms with E-state index in [0.717, 1.165) is 19.3 Å². The first kappa shape index (κ1) is 10.9. The molecule has 2 nitrogen and oxygen atoms in total. The Bertz CT molecular complexity index is 284. The molecular formula is C13H20O2. The number of Topliss-reactive ketones (excluding diaryl/α,β-unsaturated/α-hetero) is 1. The molecule has 1 N–H and O–H groups in total. The lowest BCUT2D eigenvalue weighted by atomic mass is 9.62. The van der Waals surface area contributed by atoms with Crippen LogP contribution in [-0.4, -0.2) is 17.0 Å². The van der Waals surface area contributed by atoms with E-state index in [0.29, 0.717) is 24.7 Å². The Hall–Kier alpha value is -0.630. The summed E-state index contributed by atoms with van der Waals surface area (Å²) in [5.74, 6) is 1.16. The van der Waals surface area contributed by atoms with Gasteiger partial charge in [-0.05, 0) is 37.5 Å². The number of ketones is 1. The van der Waals surface area contributed by atoms with Crippen molar-refractivity contribution >= 4 is 5.78 Å². The molecule has 2 saturated carbocycles. The second-order valence-corrected chi connectivity index (χ2v) is 5.29. The number of aliphatic hydroxyl groups is 1. The monoisotopic (exact) mass is 208 g/mol. The van der Waals surface area contributed by atoms with Crippen molar-refractivity contribution in [2.24, 2.45) is 17.3 Å². The zero-order valence-electron chi connectivity index (χ0n) is 9.41. The number of aliphatic hydroxyl groups excluding tert-OH is 1. The predicted molar refractivity (Wildman–Crippen MR) is 59.4 cm³/mol. The quantitative estimate of drug-likeness (QED) is 0.707. The van der Waals surface area contributed by atoms with Crippen molar-refractivity contribution in [3.05, 3.63) is 12.7 Å². The molecule has 84 valence electrons. The van der Waals surface area contributed by atoms with Crippen LogP contribution in [0.4, 0.5) is 0 Å². The highest BCUT2D eigenvalue weighted by Crippen LogP contribution is 2.53. The fourth-order valence-corrected chi connectivity index (χ4v) is 3.62. The average molecular weight is 208 g/mol. The van der Waals surface area contributed by atoms with Crippen LogP contribution in [0.1, 0.15) is 39.0 Å². The molecule has 2 rings (SSSR count). The fraction of sp³-hybridized carbons (Fsp3) is 0.769. The van der Waals surface area contributed by atoms with Gasteiger partial charge in [-0.3, -0.25) is 4.79 Å². The number of allylic oxidation sites excluding steroid dienone is 1. The van der Waals surface area contributed by atoms with Crippen molar-refractivity contribution in [3.63, 3.8) is 0 Å². The number of carbonyl (C=O) groups excluding carboxylic acids is 1. The second kappa shape index (κ2) is 3.75. The normalized spacial score (nSPS) is 45.2. The third kappa shape index (κ3) is 1.46. The van der Waals surface area contributed by atoms with Gasteiger partial charge in [-0.25, -0.2) is 0 Å². The molecule has 0 saturated heterocycles. The van der Waals surface area contributed by atoms with Gasteiger partial charge in [-0.2, -0.15) is 0 Å². The Morgan fingerprint density at radius 2 is 2.33 bits per heavy atom. The van der Waals surface area contributed by atoms with Crippen molar-refractivity contribution < 1.29 is 9.90 Å². The summed E-state index contributed by atoms with van der Waals surface area (Å²) < 4.78 is 0. The Morgan fingerprint density at radius 3 is 3.00 bits per heavy atom. The van der Waals surface area contributed by atoms with E-state index in [-0.39, 0.29) is 5.78 Å². The van der Waals surface area contributed by atoms with E-state index in [1.54, 1.807) is 6.08 Å². The van der Waals surface area contributed by atoms with Crippen molar-refractivity contribution in [2.75, 3.05) is 0 Å². The highest BCUT2D eigenvalue weighted by molar-refractivity contribution is 5.87. The maximum absolute atomic E-state index is 12.2. The minimum atomic E-state index is -0.464. The summed E-state index contributed by atoms with van der Waals surface area (Å²) in [7, 11) is 0. The third-order valence-corrected chi connectivity index (χ3v) is 4.33. The molecule has 0 radical (unpaired) electrons. The van der Waals surface area contributed by atoms with E-state index in [4.69, 9.17) is 0 Å². The molecule has 2 aliphatic rings. The van der Waals surface area contributed by atoms with E-state index >= 15 is 0 Å². The molecule has 0 aromatic heterocycles. The number of hydrogen-bond acceptors (Lipinski definition) is 2. The molecule has 15 heavy (non-hydrogen) atoms. The van der Waals surface area contributed by atoms with Crippen LogP contribution in [0.3, 0.4) is 0 Å². The maximum atomic E-state index is 12.2. The largest absolute Gasteiger partial charge is 0.392 e. The molecule has 0 aliphatic heterocycles. The number of fused-ring (bicyclic) bond motifs is 1. The van der Waals surface area contributed by atoms with Gasteiger partial charge in [0.2, 0.25) is 0 Å². The van der Waals surface area contributed by atoms with Crippen LogP contribution in [0.2, 0.25) is 0 Å². The summed E-state index contributed by atoms with van der Waals surface area (Å²) in [6, 6.07) is 0. The number of rotatable bonds is 2. The van der Waals surface area contributed by atoms with Crippen LogP contribution < -0.4 is 0 Å². The van der Waals surface area contributed by atoms with E-state index in [1.807, 2.05) is 0 Å². The Balaban J connectivity index is 2.33. The van der Waals surface area contributed by atoms with Crippen LogP contribution in [0.15, 0.2) is 12.7 Å². The SMILES string of the molecule is C=CC[C@]12C(=O)C[C@H](C)C[C@H]1CC[C@H]2O. The van der Waals surface area contributed by atoms with Gasteiger partial charge in [-0.1, -0.05) is 13.0 Å². The van der Waals surface area contributed by atoms with Gasteiger partial charge >= 0.3 is 0 Å². The van der Waals surface area contributed by atoms with Crippen LogP contribution in [0, 0.1) is 17.3 Å². The topological polar surface area (TPSA) is 37.3 Å². The van der Waals surface area contributed by atoms with Gasteiger partial charge < -0.3 is 5.11 Å². The van der Waals surface area contributed by atoms with Crippen LogP contribution in [0.5, 0.6) is 0 Å². The number of hydrogen-bond donors (Lipinski definition) is 1. The van der Waals surface area contributed by atoms with Crippen molar-refractivity contribution in [1.82, 2.24) is 0 Å². The molecule has 0 bridgehead atoms. The lowest BCUT2D eigenvalue weighted by Gasteiger charge is -2.41. The van der Waals surface area contributed by atoms with E-state index in [9.17, 15) is 9.90 Å². The molecule has 2 heteroatoms. The highest BCUT2D eigenvalue weighted by Gasteiger charge is 2.55. The Morgan fingerprint density at radius 1 is 1.60 bits per heavy atom.